The van der Waals surface area contributed by atoms with Gasteiger partial charge in [-0.1, -0.05) is 30.3 Å². The molecule has 0 spiro atoms. The number of thiophene rings is 1. The summed E-state index contributed by atoms with van der Waals surface area (Å²) in [6.07, 6.45) is 0. The van der Waals surface area contributed by atoms with Crippen LogP contribution < -0.4 is 5.32 Å². The lowest BCUT2D eigenvalue weighted by atomic mass is 9.99. The smallest absolute Gasteiger partial charge is 0.341 e. The molecule has 3 aromatic rings. The molecule has 0 atom stereocenters. The summed E-state index contributed by atoms with van der Waals surface area (Å²) in [4.78, 5) is 25.1. The highest BCUT2D eigenvalue weighted by Gasteiger charge is 2.24. The van der Waals surface area contributed by atoms with E-state index in [1.165, 1.54) is 29.5 Å². The van der Waals surface area contributed by atoms with E-state index in [0.717, 1.165) is 16.7 Å². The zero-order chi connectivity index (χ0) is 20.3. The second-order valence-corrected chi connectivity index (χ2v) is 7.19. The third kappa shape index (κ3) is 3.97. The van der Waals surface area contributed by atoms with E-state index in [2.05, 4.69) is 5.32 Å². The highest BCUT2D eigenvalue weighted by atomic mass is 32.1. The maximum Gasteiger partial charge on any atom is 0.341 e. The van der Waals surface area contributed by atoms with Crippen LogP contribution in [0, 0.1) is 19.7 Å². The summed E-state index contributed by atoms with van der Waals surface area (Å²) < 4.78 is 19.1. The van der Waals surface area contributed by atoms with Gasteiger partial charge in [0.25, 0.3) is 5.91 Å². The molecule has 0 fully saturated rings. The molecule has 2 aromatic carbocycles. The lowest BCUT2D eigenvalue weighted by molar-refractivity contribution is 0.0529. The molecule has 144 valence electrons. The van der Waals surface area contributed by atoms with Crippen molar-refractivity contribution in [3.63, 3.8) is 0 Å². The summed E-state index contributed by atoms with van der Waals surface area (Å²) in [5.41, 5.74) is 3.96. The van der Waals surface area contributed by atoms with E-state index in [0.29, 0.717) is 10.6 Å². The van der Waals surface area contributed by atoms with Gasteiger partial charge in [0.2, 0.25) is 0 Å². The van der Waals surface area contributed by atoms with Gasteiger partial charge in [-0.3, -0.25) is 4.79 Å². The molecule has 1 aromatic heterocycles. The number of ether oxygens (including phenoxy) is 1. The molecule has 6 heteroatoms. The minimum Gasteiger partial charge on any atom is -0.462 e. The van der Waals surface area contributed by atoms with Gasteiger partial charge in [0, 0.05) is 10.9 Å². The average molecular weight is 397 g/mol. The Labute approximate surface area is 167 Å². The van der Waals surface area contributed by atoms with Gasteiger partial charge in [-0.15, -0.1) is 11.3 Å². The quantitative estimate of drug-likeness (QED) is 0.570. The molecule has 0 aliphatic carbocycles. The van der Waals surface area contributed by atoms with E-state index >= 15 is 0 Å². The molecule has 4 nitrogen and oxygen atoms in total. The van der Waals surface area contributed by atoms with Crippen LogP contribution >= 0.6 is 11.3 Å². The Morgan fingerprint density at radius 2 is 1.86 bits per heavy atom. The number of hydrogen-bond acceptors (Lipinski definition) is 4. The molecule has 0 bridgehead atoms. The normalized spacial score (nSPS) is 10.6. The van der Waals surface area contributed by atoms with Crippen LogP contribution in [0.25, 0.3) is 11.1 Å². The van der Waals surface area contributed by atoms with Crippen molar-refractivity contribution in [1.29, 1.82) is 0 Å². The Kier molecular flexibility index (Phi) is 5.90. The number of anilines is 1. The molecule has 3 rings (SSSR count). The lowest BCUT2D eigenvalue weighted by Gasteiger charge is -2.10. The monoisotopic (exact) mass is 397 g/mol. The molecule has 1 N–H and O–H groups in total. The number of nitrogens with one attached hydrogen (secondary N) is 1. The fourth-order valence-electron chi connectivity index (χ4n) is 2.79. The predicted octanol–water partition coefficient (Wildman–Crippen LogP) is 5.60. The van der Waals surface area contributed by atoms with Crippen molar-refractivity contribution in [2.24, 2.45) is 0 Å². The van der Waals surface area contributed by atoms with E-state index in [1.54, 1.807) is 18.4 Å². The van der Waals surface area contributed by atoms with Crippen molar-refractivity contribution >= 4 is 28.2 Å². The second-order valence-electron chi connectivity index (χ2n) is 6.31. The average Bonchev–Trinajstić information content (AvgIpc) is 3.08. The van der Waals surface area contributed by atoms with Crippen LogP contribution in [0.1, 0.15) is 38.8 Å². The first kappa shape index (κ1) is 19.8. The Morgan fingerprint density at radius 3 is 2.54 bits per heavy atom. The zero-order valence-corrected chi connectivity index (χ0v) is 16.7. The van der Waals surface area contributed by atoms with Crippen molar-refractivity contribution in [2.45, 2.75) is 20.8 Å². The fraction of sp³-hybridized carbons (Fsp3) is 0.182. The highest BCUT2D eigenvalue weighted by molar-refractivity contribution is 7.15. The molecule has 0 saturated carbocycles. The summed E-state index contributed by atoms with van der Waals surface area (Å²) in [5, 5.41) is 4.79. The number of halogens is 1. The van der Waals surface area contributed by atoms with Crippen LogP contribution in [-0.4, -0.2) is 18.5 Å². The first-order chi connectivity index (χ1) is 13.4. The fourth-order valence-corrected chi connectivity index (χ4v) is 3.75. The topological polar surface area (TPSA) is 55.4 Å². The van der Waals surface area contributed by atoms with Gasteiger partial charge in [0.1, 0.15) is 16.4 Å². The molecule has 28 heavy (non-hydrogen) atoms. The summed E-state index contributed by atoms with van der Waals surface area (Å²) in [6.45, 7) is 5.94. The summed E-state index contributed by atoms with van der Waals surface area (Å²) in [7, 11) is 0. The van der Waals surface area contributed by atoms with Crippen molar-refractivity contribution < 1.29 is 18.7 Å². The van der Waals surface area contributed by atoms with Crippen molar-refractivity contribution in [3.8, 4) is 11.1 Å². The maximum absolute atomic E-state index is 13.9. The third-order valence-electron chi connectivity index (χ3n) is 4.43. The number of esters is 1. The van der Waals surface area contributed by atoms with Crippen LogP contribution in [-0.2, 0) is 4.74 Å². The van der Waals surface area contributed by atoms with E-state index in [1.807, 2.05) is 32.0 Å². The molecule has 1 amide bonds. The number of carbonyl (C=O) groups excluding carboxylic acids is 2. The molecular formula is C22H20FNO3S. The Morgan fingerprint density at radius 1 is 1.11 bits per heavy atom. The largest absolute Gasteiger partial charge is 0.462 e. The Hall–Kier alpha value is -2.99. The number of aryl methyl sites for hydroxylation is 2. The number of rotatable bonds is 5. The van der Waals surface area contributed by atoms with E-state index in [-0.39, 0.29) is 17.7 Å². The molecule has 0 aliphatic rings. The number of benzene rings is 2. The summed E-state index contributed by atoms with van der Waals surface area (Å²) >= 11 is 1.21. The molecular weight excluding hydrogens is 377 g/mol. The molecule has 1 heterocycles. The number of amides is 1. The van der Waals surface area contributed by atoms with Crippen molar-refractivity contribution in [2.75, 3.05) is 11.9 Å². The Bertz CT molecular complexity index is 1040. The number of carbonyl (C=O) groups is 2. The highest BCUT2D eigenvalue weighted by Crippen LogP contribution is 2.37. The Balaban J connectivity index is 2.03. The van der Waals surface area contributed by atoms with Gasteiger partial charge in [-0.05, 0) is 49.6 Å². The molecule has 0 unspecified atom stereocenters. The zero-order valence-electron chi connectivity index (χ0n) is 15.8. The van der Waals surface area contributed by atoms with Gasteiger partial charge in [0.15, 0.2) is 0 Å². The van der Waals surface area contributed by atoms with E-state index in [9.17, 15) is 14.0 Å². The standard InChI is InChI=1S/C22H20FNO3S/c1-4-27-22(26)19-17(15-10-9-13(2)14(3)11-15)12-28-21(19)24-20(25)16-7-5-6-8-18(16)23/h5-12H,4H2,1-3H3,(H,24,25). The molecule has 0 aliphatic heterocycles. The lowest BCUT2D eigenvalue weighted by Crippen LogP contribution is -2.16. The minimum absolute atomic E-state index is 0.0848. The van der Waals surface area contributed by atoms with Crippen LogP contribution in [0.2, 0.25) is 0 Å². The van der Waals surface area contributed by atoms with E-state index in [4.69, 9.17) is 4.74 Å². The predicted molar refractivity (Wildman–Crippen MR) is 110 cm³/mol. The first-order valence-corrected chi connectivity index (χ1v) is 9.72. The van der Waals surface area contributed by atoms with Crippen LogP contribution in [0.4, 0.5) is 9.39 Å². The SMILES string of the molecule is CCOC(=O)c1c(-c2ccc(C)c(C)c2)csc1NC(=O)c1ccccc1F. The number of hydrogen-bond donors (Lipinski definition) is 1. The van der Waals surface area contributed by atoms with Gasteiger partial charge in [0.05, 0.1) is 12.2 Å². The second kappa shape index (κ2) is 8.35. The van der Waals surface area contributed by atoms with Gasteiger partial charge in [-0.25, -0.2) is 9.18 Å². The summed E-state index contributed by atoms with van der Waals surface area (Å²) in [5.74, 6) is -1.76. The van der Waals surface area contributed by atoms with Crippen LogP contribution in [0.3, 0.4) is 0 Å². The van der Waals surface area contributed by atoms with Gasteiger partial charge >= 0.3 is 5.97 Å². The first-order valence-electron chi connectivity index (χ1n) is 8.84. The molecule has 0 radical (unpaired) electrons. The summed E-state index contributed by atoms with van der Waals surface area (Å²) in [6, 6.07) is 11.6. The third-order valence-corrected chi connectivity index (χ3v) is 5.33. The van der Waals surface area contributed by atoms with E-state index < -0.39 is 17.7 Å². The van der Waals surface area contributed by atoms with Gasteiger partial charge in [-0.2, -0.15) is 0 Å². The van der Waals surface area contributed by atoms with Crippen molar-refractivity contribution in [1.82, 2.24) is 0 Å². The molecule has 0 saturated heterocycles. The van der Waals surface area contributed by atoms with Crippen LogP contribution in [0.5, 0.6) is 0 Å². The van der Waals surface area contributed by atoms with Gasteiger partial charge < -0.3 is 10.1 Å². The van der Waals surface area contributed by atoms with Crippen LogP contribution in [0.15, 0.2) is 47.8 Å². The van der Waals surface area contributed by atoms with Crippen molar-refractivity contribution in [3.05, 3.63) is 75.9 Å². The minimum atomic E-state index is -0.622. The maximum atomic E-state index is 13.9.